The molecule has 41 heteroatoms. The number of nitrogens with zero attached hydrogens (tertiary/aromatic N) is 9. The quantitative estimate of drug-likeness (QED) is 0.0820. The number of halogens is 11. The van der Waals surface area contributed by atoms with Gasteiger partial charge in [-0.25, -0.2) is 63.1 Å². The third-order valence-electron chi connectivity index (χ3n) is 31.0. The van der Waals surface area contributed by atoms with Crippen molar-refractivity contribution in [3.05, 3.63) is 88.4 Å². The van der Waals surface area contributed by atoms with Crippen LogP contribution in [-0.2, 0) is 136 Å². The van der Waals surface area contributed by atoms with E-state index in [1.54, 1.807) is 34.6 Å². The first-order valence-corrected chi connectivity index (χ1v) is 49.0. The standard InChI is InChI=1S/C34H40F5N4O5.C34H42F3N4O5.C33H40F3N4O5.3V/c1-5-19-24(16-44)43-15-26(19)47-29-27(40-22-10-9-18(34(37,38)39)14-23(22)41-29)33(35,36)11-7-6-8-20-21-12-17(21)13-25(20)48-31(46)42-28(30(43)45)32(2,3)4;1-5-20-26(17-42)41-16-28(20)45-30-24(38-23-12-11-19(34(35,36)37)15-25(23)39-30)10-8-6-7-9-21-22-13-18(22)14-27(21)46-32(44)40-29(31(41)43)33(2,3)4;1-17-25(16-41)40-15-27(17)44-29-23(37-22-11-10-19(33(34,35)36)14-24(22)38-29)9-7-5-6-8-20-21-12-18(21)13-26(20)45-31(43)39-28(30(40)42)32(2,3)4;;;/h9-10,14,17,19-21,24-26,28H,5-8,11-13,15H2,1-4H3,(H,42,46);11-12,15,18,20-22,26-29H,5-10,13-14,16H2,1-4H3,(H,40,44);10-11,14,17-18,20-21,25-28H,5-9,12-13,15H2,1-4H3,(H,39,43);;;/q3*-1;;;/t17?,19-,20+,21?,24+,25+,26-,28+;18?,20-,21+,22?,26+,27+,28-,29+;17-,18?,20+,21?,25+,26+,27-,28+;;;/m000.../s1. The van der Waals surface area contributed by atoms with Gasteiger partial charge in [0.25, 0.3) is 5.92 Å². The Morgan fingerprint density at radius 1 is 0.380 bits per heavy atom. The molecule has 3 radical (unpaired) electrons. The summed E-state index contributed by atoms with van der Waals surface area (Å²) in [5.74, 6) is -3.71. The van der Waals surface area contributed by atoms with Crippen LogP contribution in [0.25, 0.3) is 33.1 Å². The van der Waals surface area contributed by atoms with Crippen molar-refractivity contribution in [3.8, 4) is 17.6 Å². The summed E-state index contributed by atoms with van der Waals surface area (Å²) in [6.07, 6.45) is 1.55. The summed E-state index contributed by atoms with van der Waals surface area (Å²) in [5, 5.41) is 8.38. The minimum absolute atomic E-state index is 0. The van der Waals surface area contributed by atoms with E-state index in [-0.39, 0.29) is 152 Å². The van der Waals surface area contributed by atoms with Crippen LogP contribution in [0, 0.1) is 87.3 Å². The molecule has 6 amide bonds. The van der Waals surface area contributed by atoms with Crippen LogP contribution in [0.3, 0.4) is 0 Å². The third kappa shape index (κ3) is 24.1. The number of fused-ring (bicyclic) bond motifs is 21. The number of amides is 6. The van der Waals surface area contributed by atoms with Gasteiger partial charge in [-0.2, -0.15) is 48.3 Å². The average Bonchev–Trinajstić information content (AvgIpc) is 1.61. The number of ether oxygens (including phenoxy) is 6. The molecule has 142 heavy (non-hydrogen) atoms. The van der Waals surface area contributed by atoms with Crippen LogP contribution in [0.5, 0.6) is 17.6 Å². The van der Waals surface area contributed by atoms with Crippen LogP contribution in [0.4, 0.5) is 62.7 Å². The van der Waals surface area contributed by atoms with Crippen molar-refractivity contribution in [1.82, 2.24) is 60.6 Å². The predicted octanol–water partition coefficient (Wildman–Crippen LogP) is 18.2. The van der Waals surface area contributed by atoms with Gasteiger partial charge in [-0.1, -0.05) is 146 Å². The Morgan fingerprint density at radius 2 is 0.697 bits per heavy atom. The molecule has 9 fully saturated rings. The normalized spacial score (nSPS) is 31.8. The molecule has 12 aliphatic rings. The Labute approximate surface area is 853 Å². The second-order valence-corrected chi connectivity index (χ2v) is 43.6. The van der Waals surface area contributed by atoms with Crippen molar-refractivity contribution in [2.24, 2.45) is 87.3 Å². The van der Waals surface area contributed by atoms with Crippen molar-refractivity contribution in [2.75, 3.05) is 19.6 Å². The average molecular weight is 2110 g/mol. The number of alkyl halides is 11. The van der Waals surface area contributed by atoms with Gasteiger partial charge < -0.3 is 73.5 Å². The molecule has 24 atom stereocenters. The number of alkyl carbamates (subject to hydrolysis) is 3. The SMILES string of the molecule is CC[C@@H]1[C@@H]2CN(C(=O)[C@H](C(C)(C)C)NC(=O)O[C@@H]3CC4CC4[C@H]3CCCCC(F)(F)c3nc4ccc(C(F)(F)F)cc4nc3O2)[C@@H]1[C-]=O.CC[C@@H]1[C@@H]2CN(C(=O)[C@H](C(C)(C)C)NC(=O)O[C@@H]3CC4CC4[C@H]3CCCCCc3nc4ccc(C(F)(F)F)cc4nc3O2)[C@@H]1[C-]=O.C[C@@H]1[C@@H]2CN(C(=O)[C@H](C(C)(C)C)NC(=O)O[C@@H]3CC4CC4[C@H]3CCCCCc3nc4ccc(C(F)(F)F)cc4nc3O2)[C@@H]1[C-]=O.[V].[V].[V]. The maximum absolute atomic E-state index is 16.1. The number of nitrogens with one attached hydrogen (secondary N) is 3. The van der Waals surface area contributed by atoms with E-state index in [1.165, 1.54) is 26.8 Å². The van der Waals surface area contributed by atoms with Gasteiger partial charge in [-0.05, 0) is 232 Å². The molecule has 3 saturated heterocycles. The van der Waals surface area contributed by atoms with Crippen LogP contribution in [0.2, 0.25) is 0 Å². The van der Waals surface area contributed by atoms with Gasteiger partial charge >= 0.3 is 36.8 Å². The minimum atomic E-state index is -4.71. The fraction of sp³-hybridized carbons (Fsp3) is 0.673. The van der Waals surface area contributed by atoms with Gasteiger partial charge in [0.1, 0.15) is 66.1 Å². The predicted molar refractivity (Wildman–Crippen MR) is 483 cm³/mol. The summed E-state index contributed by atoms with van der Waals surface area (Å²) in [6, 6.07) is 2.87. The molecule has 6 aromatic rings. The molecule has 3 N–H and O–H groups in total. The van der Waals surface area contributed by atoms with Crippen LogP contribution >= 0.6 is 0 Å². The number of hydrogen-bond donors (Lipinski definition) is 3. The molecule has 0 spiro atoms. The molecule has 6 unspecified atom stereocenters. The van der Waals surface area contributed by atoms with Crippen LogP contribution in [0.1, 0.15) is 245 Å². The smallest absolute Gasteiger partial charge is 0.416 e. The summed E-state index contributed by atoms with van der Waals surface area (Å²) < 4.78 is 191. The van der Waals surface area contributed by atoms with Gasteiger partial charge in [-0.15, -0.1) is 0 Å². The topological polar surface area (TPSA) is 332 Å². The molecule has 9 heterocycles. The van der Waals surface area contributed by atoms with Crippen LogP contribution in [0.15, 0.2) is 54.6 Å². The van der Waals surface area contributed by atoms with Crippen molar-refractivity contribution in [3.63, 3.8) is 0 Å². The maximum Gasteiger partial charge on any atom is 0.416 e. The first kappa shape index (κ1) is 111. The first-order chi connectivity index (χ1) is 65.5. The monoisotopic (exact) mass is 2100 g/mol. The second kappa shape index (κ2) is 43.4. The largest absolute Gasteiger partial charge is 0.540 e. The van der Waals surface area contributed by atoms with E-state index < -0.39 is 190 Å². The molecule has 6 bridgehead atoms. The zero-order valence-corrected chi connectivity index (χ0v) is 85.6. The number of aryl methyl sites for hydroxylation is 2. The number of carbonyl (C=O) groups is 6. The fourth-order valence-electron chi connectivity index (χ4n) is 23.1. The number of carbonyl (C=O) groups excluding carboxylic acids is 9. The van der Waals surface area contributed by atoms with E-state index in [9.17, 15) is 82.7 Å². The van der Waals surface area contributed by atoms with Crippen LogP contribution < -0.4 is 30.2 Å². The zero-order valence-electron chi connectivity index (χ0n) is 81.4. The van der Waals surface area contributed by atoms with Gasteiger partial charge in [0.05, 0.1) is 69.4 Å². The fourth-order valence-corrected chi connectivity index (χ4v) is 23.1. The van der Waals surface area contributed by atoms with Crippen molar-refractivity contribution in [2.45, 2.75) is 322 Å². The molecular formula is C101H122F11N12O15V3-3. The Kier molecular flexibility index (Phi) is 33.8. The molecule has 6 aliphatic heterocycles. The molecule has 6 aliphatic carbocycles. The van der Waals surface area contributed by atoms with Crippen molar-refractivity contribution < 1.29 is 176 Å². The molecule has 3 aromatic carbocycles. The van der Waals surface area contributed by atoms with E-state index >= 15 is 8.78 Å². The number of aromatic nitrogens is 6. The summed E-state index contributed by atoms with van der Waals surface area (Å²) in [5.41, 5.74) is -4.39. The summed E-state index contributed by atoms with van der Waals surface area (Å²) in [4.78, 5) is 150. The van der Waals surface area contributed by atoms with E-state index in [0.29, 0.717) is 96.5 Å². The number of hydrogen-bond acceptors (Lipinski definition) is 21. The van der Waals surface area contributed by atoms with Crippen molar-refractivity contribution in [1.29, 1.82) is 0 Å². The van der Waals surface area contributed by atoms with Gasteiger partial charge in [-0.3, -0.25) is 14.4 Å². The zero-order chi connectivity index (χ0) is 100.0. The summed E-state index contributed by atoms with van der Waals surface area (Å²) in [7, 11) is 0. The Morgan fingerprint density at radius 3 is 1.04 bits per heavy atom. The maximum atomic E-state index is 16.1. The summed E-state index contributed by atoms with van der Waals surface area (Å²) >= 11 is 0. The van der Waals surface area contributed by atoms with Gasteiger partial charge in [0.2, 0.25) is 35.4 Å². The second-order valence-electron chi connectivity index (χ2n) is 43.6. The van der Waals surface area contributed by atoms with E-state index in [1.807, 2.05) is 67.3 Å². The van der Waals surface area contributed by atoms with Gasteiger partial charge in [0, 0.05) is 62.1 Å². The molecular weight excluding hydrogens is 1980 g/mol. The Hall–Kier alpha value is -8.71. The number of rotatable bonds is 5. The summed E-state index contributed by atoms with van der Waals surface area (Å²) in [6.45, 7) is 21.4. The number of benzene rings is 3. The molecule has 771 valence electrons. The Balaban J connectivity index is 0.000000177. The van der Waals surface area contributed by atoms with E-state index in [2.05, 4.69) is 40.9 Å². The van der Waals surface area contributed by atoms with Crippen molar-refractivity contribution >= 4 is 88.0 Å². The molecule has 3 aromatic heterocycles. The van der Waals surface area contributed by atoms with Gasteiger partial charge in [0.15, 0.2) is 5.69 Å². The molecule has 27 nitrogen and oxygen atoms in total. The molecule has 18 rings (SSSR count). The molecule has 6 saturated carbocycles. The minimum Gasteiger partial charge on any atom is -0.540 e. The van der Waals surface area contributed by atoms with E-state index in [4.69, 9.17) is 33.4 Å². The van der Waals surface area contributed by atoms with E-state index in [0.717, 1.165) is 126 Å². The van der Waals surface area contributed by atoms with Crippen LogP contribution in [-0.4, -0.2) is 192 Å². The Bertz CT molecular complexity index is 5640. The first-order valence-electron chi connectivity index (χ1n) is 49.0. The third-order valence-corrected chi connectivity index (χ3v) is 31.0.